The van der Waals surface area contributed by atoms with Gasteiger partial charge in [0.1, 0.15) is 0 Å². The molecule has 0 aliphatic carbocycles. The first kappa shape index (κ1) is 14.3. The zero-order chi connectivity index (χ0) is 14.0. The molecule has 0 aliphatic rings. The molecule has 0 spiro atoms. The van der Waals surface area contributed by atoms with Gasteiger partial charge in [-0.15, -0.1) is 11.3 Å². The number of carboxylic acid groups (broad SMARTS) is 1. The second-order valence-electron chi connectivity index (χ2n) is 3.97. The number of rotatable bonds is 4. The van der Waals surface area contributed by atoms with Crippen molar-refractivity contribution in [2.75, 3.05) is 0 Å². The van der Waals surface area contributed by atoms with Crippen LogP contribution in [0.5, 0.6) is 0 Å². The molecule has 3 nitrogen and oxygen atoms in total. The van der Waals surface area contributed by atoms with Crippen molar-refractivity contribution < 1.29 is 9.90 Å². The van der Waals surface area contributed by atoms with Crippen LogP contribution < -0.4 is 0 Å². The molecule has 0 bridgehead atoms. The van der Waals surface area contributed by atoms with Crippen molar-refractivity contribution in [1.29, 1.82) is 0 Å². The molecule has 0 saturated carbocycles. The van der Waals surface area contributed by atoms with Crippen LogP contribution in [0.2, 0.25) is 10.0 Å². The van der Waals surface area contributed by atoms with Crippen LogP contribution in [0.3, 0.4) is 0 Å². The van der Waals surface area contributed by atoms with Crippen LogP contribution in [-0.2, 0) is 6.42 Å². The van der Waals surface area contributed by atoms with E-state index >= 15 is 0 Å². The van der Waals surface area contributed by atoms with Gasteiger partial charge < -0.3 is 5.11 Å². The summed E-state index contributed by atoms with van der Waals surface area (Å²) in [5, 5.41) is 10.9. The second kappa shape index (κ2) is 5.90. The van der Waals surface area contributed by atoms with Gasteiger partial charge in [0, 0.05) is 0 Å². The van der Waals surface area contributed by atoms with Gasteiger partial charge in [-0.1, -0.05) is 36.2 Å². The Labute approximate surface area is 124 Å². The minimum Gasteiger partial charge on any atom is -0.476 e. The molecule has 0 radical (unpaired) electrons. The highest BCUT2D eigenvalue weighted by Crippen LogP contribution is 2.34. The number of aryl methyl sites for hydroxylation is 1. The largest absolute Gasteiger partial charge is 0.476 e. The first-order valence-corrected chi connectivity index (χ1v) is 7.28. The number of hydrogen-bond donors (Lipinski definition) is 1. The molecule has 19 heavy (non-hydrogen) atoms. The number of hydrogen-bond acceptors (Lipinski definition) is 3. The summed E-state index contributed by atoms with van der Waals surface area (Å²) in [6.07, 6.45) is 1.69. The fourth-order valence-electron chi connectivity index (χ4n) is 1.66. The van der Waals surface area contributed by atoms with E-state index in [0.29, 0.717) is 14.9 Å². The van der Waals surface area contributed by atoms with Gasteiger partial charge in [0.25, 0.3) is 0 Å². The van der Waals surface area contributed by atoms with Gasteiger partial charge in [-0.2, -0.15) is 0 Å². The Morgan fingerprint density at radius 2 is 2.11 bits per heavy atom. The van der Waals surface area contributed by atoms with Crippen LogP contribution >= 0.6 is 34.5 Å². The number of thiazole rings is 1. The Morgan fingerprint density at radius 3 is 2.68 bits per heavy atom. The van der Waals surface area contributed by atoms with E-state index in [0.717, 1.165) is 23.4 Å². The minimum atomic E-state index is -1.03. The highest BCUT2D eigenvalue weighted by atomic mass is 35.5. The van der Waals surface area contributed by atoms with Crippen molar-refractivity contribution in [1.82, 2.24) is 4.98 Å². The zero-order valence-corrected chi connectivity index (χ0v) is 12.4. The second-order valence-corrected chi connectivity index (χ2v) is 5.87. The molecule has 2 rings (SSSR count). The van der Waals surface area contributed by atoms with Crippen molar-refractivity contribution in [2.24, 2.45) is 0 Å². The fourth-order valence-corrected chi connectivity index (χ4v) is 3.11. The smallest absolute Gasteiger partial charge is 0.356 e. The van der Waals surface area contributed by atoms with E-state index in [1.165, 1.54) is 11.3 Å². The van der Waals surface area contributed by atoms with Crippen molar-refractivity contribution in [2.45, 2.75) is 19.8 Å². The lowest BCUT2D eigenvalue weighted by Crippen LogP contribution is -1.99. The molecule has 0 saturated heterocycles. The highest BCUT2D eigenvalue weighted by Gasteiger charge is 2.19. The SMILES string of the molecule is CCCc1nc(C(=O)O)c(-c2ccc(Cl)c(Cl)c2)s1. The van der Waals surface area contributed by atoms with E-state index in [-0.39, 0.29) is 5.69 Å². The summed E-state index contributed by atoms with van der Waals surface area (Å²) in [4.78, 5) is 16.0. The summed E-state index contributed by atoms with van der Waals surface area (Å²) in [6, 6.07) is 5.08. The quantitative estimate of drug-likeness (QED) is 0.884. The maximum absolute atomic E-state index is 11.2. The molecule has 1 heterocycles. The van der Waals surface area contributed by atoms with Crippen molar-refractivity contribution in [3.05, 3.63) is 38.9 Å². The van der Waals surface area contributed by atoms with Crippen LogP contribution in [0.4, 0.5) is 0 Å². The number of halogens is 2. The Morgan fingerprint density at radius 1 is 1.37 bits per heavy atom. The van der Waals surface area contributed by atoms with E-state index < -0.39 is 5.97 Å². The molecule has 100 valence electrons. The van der Waals surface area contributed by atoms with E-state index in [1.54, 1.807) is 18.2 Å². The molecule has 0 unspecified atom stereocenters. The highest BCUT2D eigenvalue weighted by molar-refractivity contribution is 7.15. The number of nitrogens with zero attached hydrogens (tertiary/aromatic N) is 1. The molecule has 1 N–H and O–H groups in total. The van der Waals surface area contributed by atoms with Gasteiger partial charge in [-0.25, -0.2) is 9.78 Å². The first-order chi connectivity index (χ1) is 9.02. The summed E-state index contributed by atoms with van der Waals surface area (Å²) < 4.78 is 0. The Hall–Kier alpha value is -1.10. The minimum absolute atomic E-state index is 0.0758. The Bertz CT molecular complexity index is 625. The summed E-state index contributed by atoms with van der Waals surface area (Å²) in [6.45, 7) is 2.03. The van der Waals surface area contributed by atoms with Crippen LogP contribution in [0.25, 0.3) is 10.4 Å². The summed E-state index contributed by atoms with van der Waals surface area (Å²) in [5.74, 6) is -1.03. The normalized spacial score (nSPS) is 10.7. The number of aromatic nitrogens is 1. The van der Waals surface area contributed by atoms with Gasteiger partial charge in [-0.05, 0) is 30.5 Å². The van der Waals surface area contributed by atoms with Crippen molar-refractivity contribution in [3.63, 3.8) is 0 Å². The predicted molar refractivity (Wildman–Crippen MR) is 78.5 cm³/mol. The van der Waals surface area contributed by atoms with E-state index in [2.05, 4.69) is 4.98 Å². The van der Waals surface area contributed by atoms with Crippen LogP contribution in [0, 0.1) is 0 Å². The molecule has 2 aromatic rings. The van der Waals surface area contributed by atoms with Crippen molar-refractivity contribution in [3.8, 4) is 10.4 Å². The summed E-state index contributed by atoms with van der Waals surface area (Å²) in [5.41, 5.74) is 0.804. The number of benzene rings is 1. The van der Waals surface area contributed by atoms with Crippen LogP contribution in [0.1, 0.15) is 28.8 Å². The number of carbonyl (C=O) groups is 1. The molecule has 1 aromatic carbocycles. The third kappa shape index (κ3) is 3.08. The molecule has 0 fully saturated rings. The van der Waals surface area contributed by atoms with Gasteiger partial charge in [0.2, 0.25) is 0 Å². The monoisotopic (exact) mass is 315 g/mol. The lowest BCUT2D eigenvalue weighted by atomic mass is 10.1. The van der Waals surface area contributed by atoms with Gasteiger partial charge in [-0.3, -0.25) is 0 Å². The fraction of sp³-hybridized carbons (Fsp3) is 0.231. The van der Waals surface area contributed by atoms with Crippen LogP contribution in [-0.4, -0.2) is 16.1 Å². The van der Waals surface area contributed by atoms with E-state index in [9.17, 15) is 9.90 Å². The molecule has 0 amide bonds. The maximum atomic E-state index is 11.2. The first-order valence-electron chi connectivity index (χ1n) is 5.71. The van der Waals surface area contributed by atoms with Gasteiger partial charge >= 0.3 is 5.97 Å². The average molecular weight is 316 g/mol. The third-order valence-electron chi connectivity index (χ3n) is 2.52. The Balaban J connectivity index is 2.53. The predicted octanol–water partition coefficient (Wildman–Crippen LogP) is 4.77. The standard InChI is InChI=1S/C13H11Cl2NO2S/c1-2-3-10-16-11(13(17)18)12(19-10)7-4-5-8(14)9(15)6-7/h4-6H,2-3H2,1H3,(H,17,18). The van der Waals surface area contributed by atoms with Gasteiger partial charge in [0.15, 0.2) is 5.69 Å². The Kier molecular flexibility index (Phi) is 4.45. The lowest BCUT2D eigenvalue weighted by Gasteiger charge is -2.01. The molecular formula is C13H11Cl2NO2S. The molecular weight excluding hydrogens is 305 g/mol. The van der Waals surface area contributed by atoms with E-state index in [1.807, 2.05) is 6.92 Å². The zero-order valence-electron chi connectivity index (χ0n) is 10.1. The molecule has 0 atom stereocenters. The summed E-state index contributed by atoms with van der Waals surface area (Å²) >= 11 is 13.2. The van der Waals surface area contributed by atoms with Crippen molar-refractivity contribution >= 4 is 40.5 Å². The van der Waals surface area contributed by atoms with E-state index in [4.69, 9.17) is 23.2 Å². The molecule has 1 aromatic heterocycles. The van der Waals surface area contributed by atoms with Gasteiger partial charge in [0.05, 0.1) is 19.9 Å². The summed E-state index contributed by atoms with van der Waals surface area (Å²) in [7, 11) is 0. The maximum Gasteiger partial charge on any atom is 0.356 e. The molecule has 6 heteroatoms. The number of carboxylic acids is 1. The van der Waals surface area contributed by atoms with Crippen LogP contribution in [0.15, 0.2) is 18.2 Å². The average Bonchev–Trinajstić information content (AvgIpc) is 2.77. The number of aromatic carboxylic acids is 1. The molecule has 0 aliphatic heterocycles. The lowest BCUT2D eigenvalue weighted by molar-refractivity contribution is 0.0692. The topological polar surface area (TPSA) is 50.2 Å². The third-order valence-corrected chi connectivity index (χ3v) is 4.42.